The highest BCUT2D eigenvalue weighted by Crippen LogP contribution is 2.40. The smallest absolute Gasteiger partial charge is 0.159 e. The van der Waals surface area contributed by atoms with Crippen LogP contribution < -0.4 is 0 Å². The lowest BCUT2D eigenvalue weighted by molar-refractivity contribution is -0.306. The van der Waals surface area contributed by atoms with Crippen molar-refractivity contribution < 1.29 is 14.4 Å². The molecule has 0 aromatic rings. The topological polar surface area (TPSA) is 38.8 Å². The molecule has 2 aliphatic rings. The normalized spacial score (nSPS) is 25.1. The molecule has 0 N–H and O–H groups in total. The van der Waals surface area contributed by atoms with E-state index in [9.17, 15) is 4.79 Å². The van der Waals surface area contributed by atoms with Gasteiger partial charge in [-0.3, -0.25) is 9.63 Å². The second kappa shape index (κ2) is 7.56. The second-order valence-electron chi connectivity index (χ2n) is 8.46. The number of methoxy groups -OCH3 is 1. The second-order valence-corrected chi connectivity index (χ2v) is 8.46. The SMILES string of the molecule is COC1CC(C)(C)N(OC(C)C2=CC=C(C(C)=O)C=CC2)C(C)(C)C1. The van der Waals surface area contributed by atoms with E-state index in [4.69, 9.17) is 9.57 Å². The first-order valence-corrected chi connectivity index (χ1v) is 9.15. The first kappa shape index (κ1) is 20.1. The van der Waals surface area contributed by atoms with Crippen LogP contribution in [0.25, 0.3) is 0 Å². The minimum absolute atomic E-state index is 0.0511. The molecule has 1 aliphatic heterocycles. The number of allylic oxidation sites excluding steroid dienone is 5. The zero-order valence-electron chi connectivity index (χ0n) is 16.8. The molecule has 0 saturated carbocycles. The third kappa shape index (κ3) is 4.69. The summed E-state index contributed by atoms with van der Waals surface area (Å²) in [7, 11) is 1.79. The van der Waals surface area contributed by atoms with E-state index in [0.29, 0.717) is 0 Å². The first-order chi connectivity index (χ1) is 11.6. The van der Waals surface area contributed by atoms with Crippen LogP contribution in [0.5, 0.6) is 0 Å². The van der Waals surface area contributed by atoms with Gasteiger partial charge in [0.25, 0.3) is 0 Å². The van der Waals surface area contributed by atoms with Crippen LogP contribution in [0, 0.1) is 0 Å². The fourth-order valence-electron chi connectivity index (χ4n) is 4.03. The van der Waals surface area contributed by atoms with E-state index in [-0.39, 0.29) is 29.1 Å². The predicted octanol–water partition coefficient (Wildman–Crippen LogP) is 4.38. The average molecular weight is 347 g/mol. The highest BCUT2D eigenvalue weighted by atomic mass is 16.7. The Balaban J connectivity index is 2.17. The van der Waals surface area contributed by atoms with E-state index < -0.39 is 0 Å². The summed E-state index contributed by atoms with van der Waals surface area (Å²) in [6.07, 6.45) is 10.7. The van der Waals surface area contributed by atoms with Gasteiger partial charge in [-0.25, -0.2) is 0 Å². The Kier molecular flexibility index (Phi) is 6.08. The Hall–Kier alpha value is -1.23. The van der Waals surface area contributed by atoms with Crippen LogP contribution in [-0.2, 0) is 14.4 Å². The summed E-state index contributed by atoms with van der Waals surface area (Å²) in [5.74, 6) is 0.0891. The van der Waals surface area contributed by atoms with Crippen molar-refractivity contribution in [2.75, 3.05) is 7.11 Å². The minimum atomic E-state index is -0.113. The van der Waals surface area contributed by atoms with Gasteiger partial charge in [0.15, 0.2) is 5.78 Å². The Labute approximate surface area is 152 Å². The number of carbonyl (C=O) groups is 1. The van der Waals surface area contributed by atoms with Gasteiger partial charge in [0, 0.05) is 23.8 Å². The molecule has 1 saturated heterocycles. The number of carbonyl (C=O) groups excluding carboxylic acids is 1. The van der Waals surface area contributed by atoms with Gasteiger partial charge < -0.3 is 4.74 Å². The fourth-order valence-corrected chi connectivity index (χ4v) is 4.03. The fraction of sp³-hybridized carbons (Fsp3) is 0.667. The summed E-state index contributed by atoms with van der Waals surface area (Å²) in [6.45, 7) is 12.5. The van der Waals surface area contributed by atoms with Crippen molar-refractivity contribution in [3.8, 4) is 0 Å². The molecule has 1 unspecified atom stereocenters. The summed E-state index contributed by atoms with van der Waals surface area (Å²) in [6, 6.07) is 0. The van der Waals surface area contributed by atoms with Gasteiger partial charge in [-0.05, 0) is 66.4 Å². The Bertz CT molecular complexity index is 580. The predicted molar refractivity (Wildman–Crippen MR) is 101 cm³/mol. The van der Waals surface area contributed by atoms with Gasteiger partial charge >= 0.3 is 0 Å². The zero-order chi connectivity index (χ0) is 18.8. The summed E-state index contributed by atoms with van der Waals surface area (Å²) in [4.78, 5) is 18.0. The first-order valence-electron chi connectivity index (χ1n) is 9.15. The molecule has 0 spiro atoms. The number of ketones is 1. The van der Waals surface area contributed by atoms with Crippen molar-refractivity contribution in [3.63, 3.8) is 0 Å². The van der Waals surface area contributed by atoms with E-state index in [1.54, 1.807) is 14.0 Å². The Morgan fingerprint density at radius 3 is 2.32 bits per heavy atom. The number of ether oxygens (including phenoxy) is 1. The summed E-state index contributed by atoms with van der Waals surface area (Å²) in [5, 5.41) is 2.16. The molecule has 0 aromatic heterocycles. The van der Waals surface area contributed by atoms with Crippen LogP contribution in [0.3, 0.4) is 0 Å². The molecule has 0 bridgehead atoms. The van der Waals surface area contributed by atoms with E-state index in [2.05, 4.69) is 39.7 Å². The minimum Gasteiger partial charge on any atom is -0.381 e. The van der Waals surface area contributed by atoms with E-state index in [1.807, 2.05) is 24.3 Å². The van der Waals surface area contributed by atoms with E-state index in [1.165, 1.54) is 5.57 Å². The molecule has 1 heterocycles. The van der Waals surface area contributed by atoms with Crippen LogP contribution in [0.15, 0.2) is 35.5 Å². The highest BCUT2D eigenvalue weighted by Gasteiger charge is 2.47. The highest BCUT2D eigenvalue weighted by molar-refractivity contribution is 5.96. The Morgan fingerprint density at radius 2 is 1.80 bits per heavy atom. The standard InChI is InChI=1S/C21H33NO3/c1-15(23)17-9-8-10-18(12-11-17)16(2)25-22-20(3,4)13-19(24-7)14-21(22,5)6/h8-9,11-12,16,19H,10,13-14H2,1-7H3. The number of hydroxylamine groups is 2. The Morgan fingerprint density at radius 1 is 1.20 bits per heavy atom. The lowest BCUT2D eigenvalue weighted by Gasteiger charge is -2.54. The monoisotopic (exact) mass is 347 g/mol. The molecule has 0 aromatic carbocycles. The van der Waals surface area contributed by atoms with E-state index >= 15 is 0 Å². The van der Waals surface area contributed by atoms with Crippen molar-refractivity contribution in [1.29, 1.82) is 0 Å². The number of hydrogen-bond acceptors (Lipinski definition) is 4. The van der Waals surface area contributed by atoms with Crippen molar-refractivity contribution in [1.82, 2.24) is 5.06 Å². The number of Topliss-reactive ketones (excluding diaryl/α,β-unsaturated/α-hetero) is 1. The van der Waals surface area contributed by atoms with Gasteiger partial charge in [-0.2, -0.15) is 5.06 Å². The van der Waals surface area contributed by atoms with Crippen LogP contribution in [0.4, 0.5) is 0 Å². The van der Waals surface area contributed by atoms with Gasteiger partial charge in [-0.15, -0.1) is 0 Å². The van der Waals surface area contributed by atoms with Crippen LogP contribution in [-0.4, -0.2) is 41.2 Å². The van der Waals surface area contributed by atoms with Crippen molar-refractivity contribution in [2.24, 2.45) is 0 Å². The maximum absolute atomic E-state index is 11.6. The molecule has 1 fully saturated rings. The molecular formula is C21H33NO3. The van der Waals surface area contributed by atoms with Crippen molar-refractivity contribution >= 4 is 5.78 Å². The molecule has 4 heteroatoms. The van der Waals surface area contributed by atoms with Gasteiger partial charge in [0.1, 0.15) is 0 Å². The lowest BCUT2D eigenvalue weighted by atomic mass is 9.80. The summed E-state index contributed by atoms with van der Waals surface area (Å²) in [5.41, 5.74) is 1.69. The van der Waals surface area contributed by atoms with Crippen LogP contribution >= 0.6 is 0 Å². The third-order valence-electron chi connectivity index (χ3n) is 5.21. The molecule has 0 amide bonds. The molecule has 1 atom stereocenters. The molecule has 4 nitrogen and oxygen atoms in total. The number of piperidine rings is 1. The number of nitrogens with zero attached hydrogens (tertiary/aromatic N) is 1. The summed E-state index contributed by atoms with van der Waals surface area (Å²) < 4.78 is 5.64. The third-order valence-corrected chi connectivity index (χ3v) is 5.21. The van der Waals surface area contributed by atoms with Crippen LogP contribution in [0.2, 0.25) is 0 Å². The lowest BCUT2D eigenvalue weighted by Crippen LogP contribution is -2.62. The van der Waals surface area contributed by atoms with Gasteiger partial charge in [-0.1, -0.05) is 24.3 Å². The van der Waals surface area contributed by atoms with E-state index in [0.717, 1.165) is 24.8 Å². The largest absolute Gasteiger partial charge is 0.381 e. The molecule has 0 radical (unpaired) electrons. The molecule has 2 rings (SSSR count). The average Bonchev–Trinajstić information content (AvgIpc) is 2.76. The summed E-state index contributed by atoms with van der Waals surface area (Å²) >= 11 is 0. The molecule has 25 heavy (non-hydrogen) atoms. The molecule has 1 aliphatic carbocycles. The molecular weight excluding hydrogens is 314 g/mol. The molecule has 140 valence electrons. The van der Waals surface area contributed by atoms with Crippen molar-refractivity contribution in [3.05, 3.63) is 35.5 Å². The number of hydrogen-bond donors (Lipinski definition) is 0. The van der Waals surface area contributed by atoms with Gasteiger partial charge in [0.05, 0.1) is 12.2 Å². The number of rotatable bonds is 5. The van der Waals surface area contributed by atoms with Crippen molar-refractivity contribution in [2.45, 2.75) is 84.1 Å². The quantitative estimate of drug-likeness (QED) is 0.740. The zero-order valence-corrected chi connectivity index (χ0v) is 16.8. The van der Waals surface area contributed by atoms with Crippen LogP contribution in [0.1, 0.15) is 60.8 Å². The maximum Gasteiger partial charge on any atom is 0.159 e. The van der Waals surface area contributed by atoms with Gasteiger partial charge in [0.2, 0.25) is 0 Å². The maximum atomic E-state index is 11.6.